The Balaban J connectivity index is 2.36. The van der Waals surface area contributed by atoms with E-state index in [1.165, 1.54) is 6.08 Å². The van der Waals surface area contributed by atoms with E-state index in [-0.39, 0.29) is 0 Å². The number of carboxylic acids is 1. The summed E-state index contributed by atoms with van der Waals surface area (Å²) in [5.74, 6) is -1.07. The summed E-state index contributed by atoms with van der Waals surface area (Å²) < 4.78 is 0. The number of halogens is 2. The van der Waals surface area contributed by atoms with E-state index >= 15 is 0 Å². The van der Waals surface area contributed by atoms with E-state index in [2.05, 4.69) is 5.48 Å². The second kappa shape index (κ2) is 4.33. The highest BCUT2D eigenvalue weighted by Gasteiger charge is 2.25. The Labute approximate surface area is 101 Å². The molecule has 0 spiro atoms. The summed E-state index contributed by atoms with van der Waals surface area (Å²) in [6.07, 6.45) is 0.421. The smallest absolute Gasteiger partial charge is 0.339 e. The minimum Gasteiger partial charge on any atom is -0.479 e. The molecule has 2 rings (SSSR count). The SMILES string of the molecule is O=C(O)C1C=C(c2cccc(Cl)c2Cl)NO1. The normalized spacial score (nSPS) is 19.1. The fraction of sp³-hybridized carbons (Fsp3) is 0.100. The summed E-state index contributed by atoms with van der Waals surface area (Å²) in [5, 5.41) is 9.50. The molecule has 84 valence electrons. The van der Waals surface area contributed by atoms with Gasteiger partial charge >= 0.3 is 5.97 Å². The molecule has 6 heteroatoms. The maximum absolute atomic E-state index is 10.7. The molecule has 0 bridgehead atoms. The molecular weight excluding hydrogens is 253 g/mol. The molecule has 0 amide bonds. The first-order valence-electron chi connectivity index (χ1n) is 4.40. The van der Waals surface area contributed by atoms with Gasteiger partial charge in [-0.25, -0.2) is 4.79 Å². The number of hydroxylamine groups is 1. The third-order valence-corrected chi connectivity index (χ3v) is 2.92. The van der Waals surface area contributed by atoms with Gasteiger partial charge in [0.15, 0.2) is 0 Å². The van der Waals surface area contributed by atoms with E-state index < -0.39 is 12.1 Å². The van der Waals surface area contributed by atoms with E-state index in [4.69, 9.17) is 33.1 Å². The van der Waals surface area contributed by atoms with Crippen molar-refractivity contribution in [1.82, 2.24) is 5.48 Å². The van der Waals surface area contributed by atoms with Crippen molar-refractivity contribution in [3.63, 3.8) is 0 Å². The fourth-order valence-electron chi connectivity index (χ4n) is 1.32. The molecule has 1 aromatic carbocycles. The van der Waals surface area contributed by atoms with Gasteiger partial charge in [-0.05, 0) is 12.1 Å². The molecule has 16 heavy (non-hydrogen) atoms. The van der Waals surface area contributed by atoms with Gasteiger partial charge in [0, 0.05) is 5.56 Å². The number of nitrogens with one attached hydrogen (secondary N) is 1. The molecule has 0 saturated carbocycles. The van der Waals surface area contributed by atoms with Crippen LogP contribution in [-0.2, 0) is 9.63 Å². The number of rotatable bonds is 2. The topological polar surface area (TPSA) is 58.6 Å². The van der Waals surface area contributed by atoms with Gasteiger partial charge in [-0.15, -0.1) is 0 Å². The molecule has 1 aromatic rings. The van der Waals surface area contributed by atoms with Crippen LogP contribution in [0.15, 0.2) is 24.3 Å². The molecule has 1 unspecified atom stereocenters. The number of carbonyl (C=O) groups is 1. The van der Waals surface area contributed by atoms with Crippen LogP contribution in [0.3, 0.4) is 0 Å². The molecule has 0 aromatic heterocycles. The van der Waals surface area contributed by atoms with E-state index in [0.29, 0.717) is 21.3 Å². The highest BCUT2D eigenvalue weighted by molar-refractivity contribution is 6.43. The van der Waals surface area contributed by atoms with Crippen LogP contribution >= 0.6 is 23.2 Å². The number of aliphatic carboxylic acids is 1. The van der Waals surface area contributed by atoms with Crippen LogP contribution in [0.5, 0.6) is 0 Å². The van der Waals surface area contributed by atoms with Gasteiger partial charge in [-0.1, -0.05) is 35.3 Å². The van der Waals surface area contributed by atoms with E-state index in [0.717, 1.165) is 0 Å². The molecule has 0 radical (unpaired) electrons. The monoisotopic (exact) mass is 259 g/mol. The maximum Gasteiger partial charge on any atom is 0.339 e. The van der Waals surface area contributed by atoms with E-state index in [1.807, 2.05) is 0 Å². The summed E-state index contributed by atoms with van der Waals surface area (Å²) in [4.78, 5) is 15.5. The average molecular weight is 260 g/mol. The lowest BCUT2D eigenvalue weighted by Gasteiger charge is -2.06. The zero-order valence-electron chi connectivity index (χ0n) is 7.91. The van der Waals surface area contributed by atoms with Gasteiger partial charge in [-0.2, -0.15) is 0 Å². The number of carboxylic acid groups (broad SMARTS) is 1. The van der Waals surface area contributed by atoms with Crippen LogP contribution in [0, 0.1) is 0 Å². The molecule has 4 nitrogen and oxygen atoms in total. The fourth-order valence-corrected chi connectivity index (χ4v) is 1.73. The predicted octanol–water partition coefficient (Wildman–Crippen LogP) is 2.32. The minimum atomic E-state index is -1.07. The van der Waals surface area contributed by atoms with Gasteiger partial charge in [0.1, 0.15) is 0 Å². The molecule has 1 atom stereocenters. The zero-order chi connectivity index (χ0) is 11.7. The highest BCUT2D eigenvalue weighted by Crippen LogP contribution is 2.31. The second-order valence-electron chi connectivity index (χ2n) is 3.16. The molecule has 0 aliphatic carbocycles. The van der Waals surface area contributed by atoms with Crippen LogP contribution in [0.2, 0.25) is 10.0 Å². The lowest BCUT2D eigenvalue weighted by molar-refractivity contribution is -0.148. The Morgan fingerprint density at radius 1 is 1.44 bits per heavy atom. The van der Waals surface area contributed by atoms with Gasteiger partial charge in [0.05, 0.1) is 15.7 Å². The Morgan fingerprint density at radius 3 is 2.81 bits per heavy atom. The summed E-state index contributed by atoms with van der Waals surface area (Å²) in [7, 11) is 0. The standard InChI is InChI=1S/C10H7Cl2NO3/c11-6-3-1-2-5(9(6)12)7-4-8(10(14)15)16-13-7/h1-4,8,13H,(H,14,15). The Bertz CT molecular complexity index is 473. The number of benzene rings is 1. The maximum atomic E-state index is 10.7. The highest BCUT2D eigenvalue weighted by atomic mass is 35.5. The lowest BCUT2D eigenvalue weighted by atomic mass is 10.1. The largest absolute Gasteiger partial charge is 0.479 e. The molecule has 0 fully saturated rings. The van der Waals surface area contributed by atoms with Crippen molar-refractivity contribution >= 4 is 34.9 Å². The quantitative estimate of drug-likeness (QED) is 0.856. The first-order valence-corrected chi connectivity index (χ1v) is 5.16. The molecule has 2 N–H and O–H groups in total. The van der Waals surface area contributed by atoms with Crippen molar-refractivity contribution in [3.8, 4) is 0 Å². The first-order chi connectivity index (χ1) is 7.59. The van der Waals surface area contributed by atoms with E-state index in [9.17, 15) is 4.79 Å². The Kier molecular flexibility index (Phi) is 3.05. The van der Waals surface area contributed by atoms with Crippen molar-refractivity contribution in [3.05, 3.63) is 39.9 Å². The zero-order valence-corrected chi connectivity index (χ0v) is 9.42. The molecule has 1 aliphatic heterocycles. The van der Waals surface area contributed by atoms with Gasteiger partial charge < -0.3 is 5.11 Å². The van der Waals surface area contributed by atoms with Gasteiger partial charge in [0.25, 0.3) is 0 Å². The van der Waals surface area contributed by atoms with Gasteiger partial charge in [0.2, 0.25) is 6.10 Å². The Hall–Kier alpha value is -1.23. The summed E-state index contributed by atoms with van der Waals surface area (Å²) >= 11 is 11.8. The van der Waals surface area contributed by atoms with Crippen LogP contribution in [0.25, 0.3) is 5.70 Å². The van der Waals surface area contributed by atoms with Gasteiger partial charge in [-0.3, -0.25) is 10.3 Å². The van der Waals surface area contributed by atoms with Crippen molar-refractivity contribution in [2.75, 3.05) is 0 Å². The summed E-state index contributed by atoms with van der Waals surface area (Å²) in [6.45, 7) is 0. The molecule has 1 aliphatic rings. The summed E-state index contributed by atoms with van der Waals surface area (Å²) in [6, 6.07) is 5.10. The van der Waals surface area contributed by atoms with Crippen molar-refractivity contribution in [1.29, 1.82) is 0 Å². The van der Waals surface area contributed by atoms with Crippen LogP contribution in [-0.4, -0.2) is 17.2 Å². The van der Waals surface area contributed by atoms with Crippen molar-refractivity contribution in [2.24, 2.45) is 0 Å². The van der Waals surface area contributed by atoms with Crippen LogP contribution in [0.1, 0.15) is 5.56 Å². The van der Waals surface area contributed by atoms with Crippen molar-refractivity contribution in [2.45, 2.75) is 6.10 Å². The predicted molar refractivity (Wildman–Crippen MR) is 60.1 cm³/mol. The first kappa shape index (κ1) is 11.3. The van der Waals surface area contributed by atoms with Crippen LogP contribution in [0.4, 0.5) is 0 Å². The Morgan fingerprint density at radius 2 is 2.19 bits per heavy atom. The second-order valence-corrected chi connectivity index (χ2v) is 3.95. The molecular formula is C10H7Cl2NO3. The average Bonchev–Trinajstić information content (AvgIpc) is 2.71. The number of hydrogen-bond acceptors (Lipinski definition) is 3. The molecule has 0 saturated heterocycles. The summed E-state index contributed by atoms with van der Waals surface area (Å²) in [5.41, 5.74) is 3.62. The third-order valence-electron chi connectivity index (χ3n) is 2.10. The van der Waals surface area contributed by atoms with Crippen LogP contribution < -0.4 is 5.48 Å². The van der Waals surface area contributed by atoms with Crippen molar-refractivity contribution < 1.29 is 14.7 Å². The minimum absolute atomic E-state index is 0.359. The molecule has 1 heterocycles. The third kappa shape index (κ3) is 2.00. The lowest BCUT2D eigenvalue weighted by Crippen LogP contribution is -2.20. The number of hydrogen-bond donors (Lipinski definition) is 2. The van der Waals surface area contributed by atoms with E-state index in [1.54, 1.807) is 18.2 Å².